The van der Waals surface area contributed by atoms with E-state index in [0.717, 1.165) is 35.4 Å². The van der Waals surface area contributed by atoms with Gasteiger partial charge in [-0.3, -0.25) is 4.79 Å². The van der Waals surface area contributed by atoms with Crippen LogP contribution in [-0.4, -0.2) is 44.0 Å². The number of nitrogens with zero attached hydrogens (tertiary/aromatic N) is 5. The predicted octanol–water partition coefficient (Wildman–Crippen LogP) is 2.96. The molecule has 3 aromatic rings. The molecular formula is C19H21N5O2. The van der Waals surface area contributed by atoms with Crippen molar-refractivity contribution >= 4 is 16.9 Å². The highest BCUT2D eigenvalue weighted by Gasteiger charge is 2.29. The maximum atomic E-state index is 12.8. The Balaban J connectivity index is 1.55. The first-order valence-corrected chi connectivity index (χ1v) is 8.86. The molecule has 4 rings (SSSR count). The molecule has 1 aliphatic rings. The van der Waals surface area contributed by atoms with Crippen LogP contribution in [0, 0.1) is 20.8 Å². The first-order valence-electron chi connectivity index (χ1n) is 8.86. The van der Waals surface area contributed by atoms with E-state index >= 15 is 0 Å². The van der Waals surface area contributed by atoms with Gasteiger partial charge in [-0.2, -0.15) is 0 Å². The van der Waals surface area contributed by atoms with Gasteiger partial charge in [0.2, 0.25) is 0 Å². The van der Waals surface area contributed by atoms with Crippen LogP contribution in [0.2, 0.25) is 0 Å². The second kappa shape index (κ2) is 6.48. The lowest BCUT2D eigenvalue weighted by atomic mass is 9.91. The van der Waals surface area contributed by atoms with Crippen LogP contribution in [0.1, 0.15) is 52.1 Å². The first kappa shape index (κ1) is 16.6. The minimum atomic E-state index is 0.00472. The molecule has 0 saturated carbocycles. The van der Waals surface area contributed by atoms with Crippen LogP contribution >= 0.6 is 0 Å². The Morgan fingerprint density at radius 2 is 1.96 bits per heavy atom. The average molecular weight is 351 g/mol. The van der Waals surface area contributed by atoms with E-state index < -0.39 is 0 Å². The van der Waals surface area contributed by atoms with E-state index in [4.69, 9.17) is 9.51 Å². The molecular weight excluding hydrogens is 330 g/mol. The average Bonchev–Trinajstić information content (AvgIpc) is 2.99. The second-order valence-corrected chi connectivity index (χ2v) is 6.80. The van der Waals surface area contributed by atoms with Gasteiger partial charge < -0.3 is 9.42 Å². The first-order chi connectivity index (χ1) is 12.5. The number of amides is 1. The van der Waals surface area contributed by atoms with Gasteiger partial charge >= 0.3 is 0 Å². The molecule has 4 heterocycles. The summed E-state index contributed by atoms with van der Waals surface area (Å²) in [5.74, 6) is 1.63. The highest BCUT2D eigenvalue weighted by atomic mass is 16.5. The summed E-state index contributed by atoms with van der Waals surface area (Å²) in [5, 5.41) is 4.90. The van der Waals surface area contributed by atoms with Crippen LogP contribution in [0.5, 0.6) is 0 Å². The normalized spacial score (nSPS) is 15.6. The predicted molar refractivity (Wildman–Crippen MR) is 95.9 cm³/mol. The molecule has 1 fully saturated rings. The number of pyridine rings is 1. The maximum Gasteiger partial charge on any atom is 0.259 e. The van der Waals surface area contributed by atoms with Crippen LogP contribution in [0.3, 0.4) is 0 Å². The number of likely N-dealkylation sites (tertiary alicyclic amines) is 1. The van der Waals surface area contributed by atoms with Crippen molar-refractivity contribution in [1.29, 1.82) is 0 Å². The zero-order valence-electron chi connectivity index (χ0n) is 15.2. The van der Waals surface area contributed by atoms with Crippen LogP contribution in [-0.2, 0) is 0 Å². The van der Waals surface area contributed by atoms with Crippen molar-refractivity contribution in [2.24, 2.45) is 0 Å². The minimum absolute atomic E-state index is 0.00472. The van der Waals surface area contributed by atoms with Crippen molar-refractivity contribution < 1.29 is 9.32 Å². The van der Waals surface area contributed by atoms with E-state index in [9.17, 15) is 4.79 Å². The number of piperidine rings is 1. The van der Waals surface area contributed by atoms with E-state index in [1.165, 1.54) is 0 Å². The van der Waals surface area contributed by atoms with Crippen molar-refractivity contribution in [2.45, 2.75) is 39.5 Å². The summed E-state index contributed by atoms with van der Waals surface area (Å²) < 4.78 is 5.14. The quantitative estimate of drug-likeness (QED) is 0.706. The van der Waals surface area contributed by atoms with Crippen molar-refractivity contribution in [3.63, 3.8) is 0 Å². The van der Waals surface area contributed by atoms with Gasteiger partial charge in [0.15, 0.2) is 5.65 Å². The molecule has 3 aromatic heterocycles. The summed E-state index contributed by atoms with van der Waals surface area (Å²) in [6, 6.07) is 3.94. The van der Waals surface area contributed by atoms with E-state index in [-0.39, 0.29) is 5.91 Å². The zero-order chi connectivity index (χ0) is 18.3. The SMILES string of the molecule is Cc1nc(C2CCN(C(=O)c3c(C)noc3C)CC2)c2cccnc2n1. The molecule has 1 aliphatic heterocycles. The topological polar surface area (TPSA) is 85.0 Å². The number of aryl methyl sites for hydroxylation is 3. The fraction of sp³-hybridized carbons (Fsp3) is 0.421. The molecule has 0 spiro atoms. The second-order valence-electron chi connectivity index (χ2n) is 6.80. The molecule has 134 valence electrons. The van der Waals surface area contributed by atoms with Gasteiger partial charge in [-0.1, -0.05) is 5.16 Å². The van der Waals surface area contributed by atoms with Gasteiger partial charge in [-0.25, -0.2) is 15.0 Å². The maximum absolute atomic E-state index is 12.8. The number of carbonyl (C=O) groups excluding carboxylic acids is 1. The molecule has 0 radical (unpaired) electrons. The number of carbonyl (C=O) groups is 1. The molecule has 0 unspecified atom stereocenters. The van der Waals surface area contributed by atoms with Crippen molar-refractivity contribution in [1.82, 2.24) is 25.0 Å². The van der Waals surface area contributed by atoms with Crippen LogP contribution in [0.4, 0.5) is 0 Å². The summed E-state index contributed by atoms with van der Waals surface area (Å²) in [4.78, 5) is 28.2. The third kappa shape index (κ3) is 2.83. The van der Waals surface area contributed by atoms with Gasteiger partial charge in [-0.15, -0.1) is 0 Å². The monoisotopic (exact) mass is 351 g/mol. The van der Waals surface area contributed by atoms with E-state index in [0.29, 0.717) is 36.0 Å². The van der Waals surface area contributed by atoms with E-state index in [1.54, 1.807) is 20.0 Å². The van der Waals surface area contributed by atoms with Gasteiger partial charge in [0.1, 0.15) is 17.1 Å². The van der Waals surface area contributed by atoms with Crippen LogP contribution < -0.4 is 0 Å². The van der Waals surface area contributed by atoms with Gasteiger partial charge in [0.05, 0.1) is 11.4 Å². The molecule has 1 amide bonds. The van der Waals surface area contributed by atoms with Crippen molar-refractivity contribution in [2.75, 3.05) is 13.1 Å². The Kier molecular flexibility index (Phi) is 4.14. The summed E-state index contributed by atoms with van der Waals surface area (Å²) in [6.45, 7) is 6.87. The molecule has 0 bridgehead atoms. The third-order valence-electron chi connectivity index (χ3n) is 5.03. The summed E-state index contributed by atoms with van der Waals surface area (Å²) in [6.07, 6.45) is 3.49. The largest absolute Gasteiger partial charge is 0.361 e. The summed E-state index contributed by atoms with van der Waals surface area (Å²) in [5.41, 5.74) is 3.03. The lowest BCUT2D eigenvalue weighted by Crippen LogP contribution is -2.38. The molecule has 7 heteroatoms. The fourth-order valence-corrected chi connectivity index (χ4v) is 3.71. The van der Waals surface area contributed by atoms with Gasteiger partial charge in [0.25, 0.3) is 5.91 Å². The minimum Gasteiger partial charge on any atom is -0.361 e. The smallest absolute Gasteiger partial charge is 0.259 e. The molecule has 0 aliphatic carbocycles. The van der Waals surface area contributed by atoms with Crippen molar-refractivity contribution in [3.05, 3.63) is 46.9 Å². The number of hydrogen-bond donors (Lipinski definition) is 0. The molecule has 0 atom stereocenters. The van der Waals surface area contributed by atoms with Crippen LogP contribution in [0.25, 0.3) is 11.0 Å². The standard InChI is InChI=1S/C19H21N5O2/c1-11-16(12(2)26-23-11)19(25)24-9-6-14(7-10-24)17-15-5-4-8-20-18(15)22-13(3)21-17/h4-5,8,14H,6-7,9-10H2,1-3H3. The highest BCUT2D eigenvalue weighted by molar-refractivity contribution is 5.96. The van der Waals surface area contributed by atoms with E-state index in [1.807, 2.05) is 24.0 Å². The molecule has 1 saturated heterocycles. The Hall–Kier alpha value is -2.83. The Bertz CT molecular complexity index is 954. The number of aromatic nitrogens is 4. The van der Waals surface area contributed by atoms with Crippen LogP contribution in [0.15, 0.2) is 22.9 Å². The van der Waals surface area contributed by atoms with E-state index in [2.05, 4.69) is 15.1 Å². The number of fused-ring (bicyclic) bond motifs is 1. The molecule has 26 heavy (non-hydrogen) atoms. The van der Waals surface area contributed by atoms with Gasteiger partial charge in [0, 0.05) is 30.6 Å². The fourth-order valence-electron chi connectivity index (χ4n) is 3.71. The lowest BCUT2D eigenvalue weighted by Gasteiger charge is -2.32. The Morgan fingerprint density at radius 3 is 2.65 bits per heavy atom. The van der Waals surface area contributed by atoms with Crippen molar-refractivity contribution in [3.8, 4) is 0 Å². The molecule has 0 aromatic carbocycles. The third-order valence-corrected chi connectivity index (χ3v) is 5.03. The number of rotatable bonds is 2. The Labute approximate surface area is 151 Å². The number of hydrogen-bond acceptors (Lipinski definition) is 6. The van der Waals surface area contributed by atoms with Gasteiger partial charge in [-0.05, 0) is 45.7 Å². The summed E-state index contributed by atoms with van der Waals surface area (Å²) in [7, 11) is 0. The highest BCUT2D eigenvalue weighted by Crippen LogP contribution is 2.31. The zero-order valence-corrected chi connectivity index (χ0v) is 15.2. The summed E-state index contributed by atoms with van der Waals surface area (Å²) >= 11 is 0. The molecule has 0 N–H and O–H groups in total. The molecule has 7 nitrogen and oxygen atoms in total. The Morgan fingerprint density at radius 1 is 1.19 bits per heavy atom. The lowest BCUT2D eigenvalue weighted by molar-refractivity contribution is 0.0710.